The third-order valence-corrected chi connectivity index (χ3v) is 2.07. The van der Waals surface area contributed by atoms with Gasteiger partial charge in [-0.05, 0) is 6.42 Å². The Morgan fingerprint density at radius 2 is 2.38 bits per heavy atom. The quantitative estimate of drug-likeness (QED) is 0.493. The zero-order chi connectivity index (χ0) is 12.0. The van der Waals surface area contributed by atoms with Crippen molar-refractivity contribution in [2.45, 2.75) is 19.4 Å². The minimum absolute atomic E-state index is 0.0000227. The molecule has 0 aliphatic heterocycles. The number of ether oxygens (including phenoxy) is 1. The molecule has 0 aliphatic carbocycles. The highest BCUT2D eigenvalue weighted by atomic mass is 19.1. The van der Waals surface area contributed by atoms with Gasteiger partial charge in [0.05, 0.1) is 18.8 Å². The molecule has 0 fully saturated rings. The zero-order valence-corrected chi connectivity index (χ0v) is 9.33. The predicted octanol–water partition coefficient (Wildman–Crippen LogP) is 0.738. The van der Waals surface area contributed by atoms with Crippen LogP contribution in [-0.2, 0) is 4.74 Å². The number of hydrogen-bond acceptors (Lipinski definition) is 6. The molecule has 1 atom stereocenters. The van der Waals surface area contributed by atoms with Crippen LogP contribution < -0.4 is 16.6 Å². The average molecular weight is 229 g/mol. The van der Waals surface area contributed by atoms with Gasteiger partial charge in [0.15, 0.2) is 11.6 Å². The summed E-state index contributed by atoms with van der Waals surface area (Å²) in [5.74, 6) is 4.90. The summed E-state index contributed by atoms with van der Waals surface area (Å²) in [5, 5.41) is 2.93. The van der Waals surface area contributed by atoms with Crippen LogP contribution in [0.2, 0.25) is 0 Å². The molecule has 4 N–H and O–H groups in total. The summed E-state index contributed by atoms with van der Waals surface area (Å²) < 4.78 is 18.3. The van der Waals surface area contributed by atoms with E-state index in [2.05, 4.69) is 20.7 Å². The van der Waals surface area contributed by atoms with E-state index in [9.17, 15) is 4.39 Å². The van der Waals surface area contributed by atoms with Gasteiger partial charge in [-0.2, -0.15) is 4.98 Å². The summed E-state index contributed by atoms with van der Waals surface area (Å²) in [6.45, 7) is 2.45. The first kappa shape index (κ1) is 12.6. The van der Waals surface area contributed by atoms with Gasteiger partial charge in [-0.25, -0.2) is 15.2 Å². The smallest absolute Gasteiger partial charge is 0.239 e. The third kappa shape index (κ3) is 3.28. The Morgan fingerprint density at radius 3 is 2.94 bits per heavy atom. The van der Waals surface area contributed by atoms with Crippen LogP contribution in [-0.4, -0.2) is 29.7 Å². The molecule has 7 heteroatoms. The SMILES string of the molecule is CCC(COC)Nc1nc(NN)ncc1F. The third-order valence-electron chi connectivity index (χ3n) is 2.07. The molecular formula is C9H16FN5O. The first-order valence-corrected chi connectivity index (χ1v) is 4.95. The van der Waals surface area contributed by atoms with Gasteiger partial charge in [0, 0.05) is 7.11 Å². The largest absolute Gasteiger partial charge is 0.383 e. The van der Waals surface area contributed by atoms with E-state index in [1.54, 1.807) is 7.11 Å². The molecule has 6 nitrogen and oxygen atoms in total. The van der Waals surface area contributed by atoms with Gasteiger partial charge >= 0.3 is 0 Å². The van der Waals surface area contributed by atoms with Crippen molar-refractivity contribution in [1.29, 1.82) is 0 Å². The number of aromatic nitrogens is 2. The molecule has 0 saturated heterocycles. The highest BCUT2D eigenvalue weighted by Crippen LogP contribution is 2.13. The molecule has 1 aromatic heterocycles. The lowest BCUT2D eigenvalue weighted by Gasteiger charge is -2.16. The Labute approximate surface area is 93.4 Å². The summed E-state index contributed by atoms with van der Waals surface area (Å²) in [4.78, 5) is 7.51. The van der Waals surface area contributed by atoms with Gasteiger partial charge in [0.2, 0.25) is 5.95 Å². The van der Waals surface area contributed by atoms with Crippen LogP contribution in [0.1, 0.15) is 13.3 Å². The number of nitrogens with zero attached hydrogens (tertiary/aromatic N) is 2. The van der Waals surface area contributed by atoms with E-state index >= 15 is 0 Å². The second-order valence-electron chi connectivity index (χ2n) is 3.24. The van der Waals surface area contributed by atoms with Crippen LogP contribution in [0, 0.1) is 5.82 Å². The summed E-state index contributed by atoms with van der Waals surface area (Å²) in [6.07, 6.45) is 1.85. The van der Waals surface area contributed by atoms with Crippen molar-refractivity contribution >= 4 is 11.8 Å². The molecule has 0 bridgehead atoms. The maximum Gasteiger partial charge on any atom is 0.239 e. The molecule has 0 radical (unpaired) electrons. The van der Waals surface area contributed by atoms with Gasteiger partial charge in [-0.3, -0.25) is 5.43 Å². The summed E-state index contributed by atoms with van der Waals surface area (Å²) in [5.41, 5.74) is 2.26. The number of anilines is 2. The monoisotopic (exact) mass is 229 g/mol. The highest BCUT2D eigenvalue weighted by Gasteiger charge is 2.11. The number of rotatable bonds is 6. The van der Waals surface area contributed by atoms with E-state index < -0.39 is 5.82 Å². The maximum absolute atomic E-state index is 13.3. The molecule has 0 aliphatic rings. The van der Waals surface area contributed by atoms with E-state index in [-0.39, 0.29) is 17.8 Å². The number of nitrogens with one attached hydrogen (secondary N) is 2. The average Bonchev–Trinajstić information content (AvgIpc) is 2.31. The lowest BCUT2D eigenvalue weighted by molar-refractivity contribution is 0.184. The molecule has 0 aromatic carbocycles. The van der Waals surface area contributed by atoms with Crippen molar-refractivity contribution in [1.82, 2.24) is 9.97 Å². The first-order valence-electron chi connectivity index (χ1n) is 4.95. The van der Waals surface area contributed by atoms with Crippen LogP contribution in [0.3, 0.4) is 0 Å². The van der Waals surface area contributed by atoms with Crippen molar-refractivity contribution in [3.8, 4) is 0 Å². The molecule has 16 heavy (non-hydrogen) atoms. The van der Waals surface area contributed by atoms with E-state index in [0.29, 0.717) is 6.61 Å². The fraction of sp³-hybridized carbons (Fsp3) is 0.556. The van der Waals surface area contributed by atoms with Crippen molar-refractivity contribution in [3.63, 3.8) is 0 Å². The van der Waals surface area contributed by atoms with Crippen LogP contribution >= 0.6 is 0 Å². The summed E-state index contributed by atoms with van der Waals surface area (Å²) in [7, 11) is 1.59. The van der Waals surface area contributed by atoms with Crippen molar-refractivity contribution in [3.05, 3.63) is 12.0 Å². The molecule has 0 saturated carbocycles. The molecule has 1 heterocycles. The van der Waals surface area contributed by atoms with E-state index in [0.717, 1.165) is 12.6 Å². The maximum atomic E-state index is 13.3. The Balaban J connectivity index is 2.77. The van der Waals surface area contributed by atoms with Gasteiger partial charge < -0.3 is 10.1 Å². The number of halogens is 1. The van der Waals surface area contributed by atoms with Crippen molar-refractivity contribution in [2.75, 3.05) is 24.5 Å². The molecule has 1 rings (SSSR count). The standard InChI is InChI=1S/C9H16FN5O/c1-3-6(5-16-2)13-8-7(10)4-12-9(14-8)15-11/h4,6H,3,5,11H2,1-2H3,(H2,12,13,14,15). The molecular weight excluding hydrogens is 213 g/mol. The number of methoxy groups -OCH3 is 1. The van der Waals surface area contributed by atoms with E-state index in [4.69, 9.17) is 10.6 Å². The second-order valence-corrected chi connectivity index (χ2v) is 3.24. The normalized spacial score (nSPS) is 12.2. The lowest BCUT2D eigenvalue weighted by Crippen LogP contribution is -2.25. The fourth-order valence-electron chi connectivity index (χ4n) is 1.19. The van der Waals surface area contributed by atoms with Gasteiger partial charge in [-0.1, -0.05) is 6.92 Å². The lowest BCUT2D eigenvalue weighted by atomic mass is 10.2. The Bertz CT molecular complexity index is 336. The van der Waals surface area contributed by atoms with Crippen molar-refractivity contribution in [2.24, 2.45) is 5.84 Å². The molecule has 0 amide bonds. The number of hydrazine groups is 1. The Morgan fingerprint density at radius 1 is 1.62 bits per heavy atom. The minimum atomic E-state index is -0.520. The number of nitrogen functional groups attached to an aromatic ring is 1. The second kappa shape index (κ2) is 6.19. The highest BCUT2D eigenvalue weighted by molar-refractivity contribution is 5.41. The molecule has 1 unspecified atom stereocenters. The predicted molar refractivity (Wildman–Crippen MR) is 59.4 cm³/mol. The van der Waals surface area contributed by atoms with Gasteiger partial charge in [0.25, 0.3) is 0 Å². The van der Waals surface area contributed by atoms with E-state index in [1.807, 2.05) is 6.92 Å². The van der Waals surface area contributed by atoms with Gasteiger partial charge in [0.1, 0.15) is 0 Å². The molecule has 1 aromatic rings. The Hall–Kier alpha value is -1.47. The Kier molecular flexibility index (Phi) is 4.87. The molecule has 90 valence electrons. The topological polar surface area (TPSA) is 85.1 Å². The van der Waals surface area contributed by atoms with Crippen LogP contribution in [0.25, 0.3) is 0 Å². The first-order chi connectivity index (χ1) is 7.71. The van der Waals surface area contributed by atoms with Crippen LogP contribution in [0.15, 0.2) is 6.20 Å². The van der Waals surface area contributed by atoms with Crippen LogP contribution in [0.4, 0.5) is 16.2 Å². The van der Waals surface area contributed by atoms with Crippen molar-refractivity contribution < 1.29 is 9.13 Å². The molecule has 0 spiro atoms. The van der Waals surface area contributed by atoms with Gasteiger partial charge in [-0.15, -0.1) is 0 Å². The number of nitrogens with two attached hydrogens (primary N) is 1. The van der Waals surface area contributed by atoms with E-state index in [1.165, 1.54) is 0 Å². The van der Waals surface area contributed by atoms with Crippen LogP contribution in [0.5, 0.6) is 0 Å². The number of hydrogen-bond donors (Lipinski definition) is 3. The fourth-order valence-corrected chi connectivity index (χ4v) is 1.19. The summed E-state index contributed by atoms with van der Waals surface area (Å²) in [6, 6.07) is 0.0000227. The summed E-state index contributed by atoms with van der Waals surface area (Å²) >= 11 is 0. The minimum Gasteiger partial charge on any atom is -0.383 e. The zero-order valence-electron chi connectivity index (χ0n) is 9.33.